The molecule has 8 nitrogen and oxygen atoms in total. The Hall–Kier alpha value is -2.61. The maximum atomic E-state index is 12.5. The fraction of sp³-hybridized carbons (Fsp3) is 0.500. The number of benzene rings is 1. The molecule has 4 N–H and O–H groups in total. The summed E-state index contributed by atoms with van der Waals surface area (Å²) in [5, 5.41) is 5.15. The summed E-state index contributed by atoms with van der Waals surface area (Å²) in [6.07, 6.45) is 2.19. The van der Waals surface area contributed by atoms with Crippen LogP contribution >= 0.6 is 0 Å². The number of rotatable bonds is 7. The Labute approximate surface area is 153 Å². The fourth-order valence-electron chi connectivity index (χ4n) is 3.07. The predicted octanol–water partition coefficient (Wildman–Crippen LogP) is 0.292. The molecule has 0 fully saturated rings. The second-order valence-electron chi connectivity index (χ2n) is 6.06. The van der Waals surface area contributed by atoms with Gasteiger partial charge in [-0.05, 0) is 31.4 Å². The highest BCUT2D eigenvalue weighted by Crippen LogP contribution is 2.33. The number of methoxy groups -OCH3 is 1. The van der Waals surface area contributed by atoms with Crippen molar-refractivity contribution in [2.45, 2.75) is 38.6 Å². The average molecular weight is 362 g/mol. The van der Waals surface area contributed by atoms with Crippen LogP contribution in [0.2, 0.25) is 0 Å². The zero-order valence-corrected chi connectivity index (χ0v) is 15.2. The average Bonchev–Trinajstić information content (AvgIpc) is 2.79. The summed E-state index contributed by atoms with van der Waals surface area (Å²) in [7, 11) is 1.58. The molecule has 2 rings (SSSR count). The van der Waals surface area contributed by atoms with Gasteiger partial charge in [-0.1, -0.05) is 13.0 Å². The monoisotopic (exact) mass is 362 g/mol. The Bertz CT molecular complexity index is 677. The normalized spacial score (nSPS) is 14.9. The standard InChI is InChI=1S/C18H26N4O4/c1-3-13(18(25)20-11-19)21-16(23)10-22-14-7-5-8-15(26-2)12(14)6-4-9-17(22)24/h5,7-8,13H,3-4,6,9-11,19H2,1-2H3,(H,20,25)(H,21,23). The first kappa shape index (κ1) is 19.7. The molecule has 0 bridgehead atoms. The highest BCUT2D eigenvalue weighted by molar-refractivity contribution is 6.01. The summed E-state index contributed by atoms with van der Waals surface area (Å²) >= 11 is 0. The van der Waals surface area contributed by atoms with Crippen LogP contribution in [0.15, 0.2) is 18.2 Å². The second-order valence-corrected chi connectivity index (χ2v) is 6.06. The van der Waals surface area contributed by atoms with Gasteiger partial charge in [0.1, 0.15) is 18.3 Å². The Morgan fingerprint density at radius 2 is 2.12 bits per heavy atom. The minimum atomic E-state index is -0.682. The molecule has 0 aromatic heterocycles. The number of nitrogens with two attached hydrogens (primary N) is 1. The molecule has 1 atom stereocenters. The molecule has 0 spiro atoms. The first-order valence-corrected chi connectivity index (χ1v) is 8.75. The Kier molecular flexibility index (Phi) is 6.97. The van der Waals surface area contributed by atoms with Crippen molar-refractivity contribution in [3.05, 3.63) is 23.8 Å². The van der Waals surface area contributed by atoms with Crippen LogP contribution in [0, 0.1) is 0 Å². The van der Waals surface area contributed by atoms with Crippen molar-refractivity contribution in [2.75, 3.05) is 25.2 Å². The van der Waals surface area contributed by atoms with Crippen molar-refractivity contribution in [3.8, 4) is 5.75 Å². The Balaban J connectivity index is 2.18. The van der Waals surface area contributed by atoms with Gasteiger partial charge in [0.25, 0.3) is 0 Å². The fourth-order valence-corrected chi connectivity index (χ4v) is 3.07. The molecule has 0 saturated carbocycles. The Morgan fingerprint density at radius 3 is 2.77 bits per heavy atom. The van der Waals surface area contributed by atoms with Gasteiger partial charge in [0.15, 0.2) is 0 Å². The van der Waals surface area contributed by atoms with E-state index in [1.165, 1.54) is 4.90 Å². The highest BCUT2D eigenvalue weighted by Gasteiger charge is 2.27. The molecule has 1 aromatic rings. The van der Waals surface area contributed by atoms with Gasteiger partial charge in [0.05, 0.1) is 19.5 Å². The van der Waals surface area contributed by atoms with Crippen LogP contribution in [-0.4, -0.2) is 44.1 Å². The number of hydrogen-bond acceptors (Lipinski definition) is 5. The van der Waals surface area contributed by atoms with Crippen molar-refractivity contribution in [1.82, 2.24) is 10.6 Å². The summed E-state index contributed by atoms with van der Waals surface area (Å²) in [6.45, 7) is 1.65. The minimum absolute atomic E-state index is 0.00296. The predicted molar refractivity (Wildman–Crippen MR) is 97.7 cm³/mol. The van der Waals surface area contributed by atoms with Crippen LogP contribution in [0.5, 0.6) is 5.75 Å². The molecule has 1 unspecified atom stereocenters. The van der Waals surface area contributed by atoms with E-state index in [2.05, 4.69) is 10.6 Å². The minimum Gasteiger partial charge on any atom is -0.496 e. The first-order chi connectivity index (χ1) is 12.5. The molecular formula is C18H26N4O4. The summed E-state index contributed by atoms with van der Waals surface area (Å²) in [6, 6.07) is 4.77. The molecule has 142 valence electrons. The molecule has 0 aliphatic carbocycles. The number of nitrogens with zero attached hydrogens (tertiary/aromatic N) is 1. The van der Waals surface area contributed by atoms with E-state index in [0.717, 1.165) is 5.56 Å². The second kappa shape index (κ2) is 9.19. The van der Waals surface area contributed by atoms with E-state index in [9.17, 15) is 14.4 Å². The number of anilines is 1. The molecular weight excluding hydrogens is 336 g/mol. The lowest BCUT2D eigenvalue weighted by atomic mass is 10.1. The zero-order valence-electron chi connectivity index (χ0n) is 15.2. The maximum absolute atomic E-state index is 12.5. The summed E-state index contributed by atoms with van der Waals surface area (Å²) in [5.41, 5.74) is 6.91. The molecule has 1 heterocycles. The van der Waals surface area contributed by atoms with E-state index < -0.39 is 11.9 Å². The molecule has 0 saturated heterocycles. The lowest BCUT2D eigenvalue weighted by Gasteiger charge is -2.24. The molecule has 26 heavy (non-hydrogen) atoms. The number of carbonyl (C=O) groups is 3. The van der Waals surface area contributed by atoms with E-state index in [1.54, 1.807) is 20.1 Å². The number of hydrogen-bond donors (Lipinski definition) is 3. The van der Waals surface area contributed by atoms with Crippen molar-refractivity contribution in [2.24, 2.45) is 5.73 Å². The molecule has 1 aromatic carbocycles. The lowest BCUT2D eigenvalue weighted by molar-refractivity contribution is -0.129. The number of nitrogens with one attached hydrogen (secondary N) is 2. The topological polar surface area (TPSA) is 114 Å². The largest absolute Gasteiger partial charge is 0.496 e. The number of ether oxygens (including phenoxy) is 1. The quantitative estimate of drug-likeness (QED) is 0.604. The SMILES string of the molecule is CCC(NC(=O)CN1C(=O)CCCc2c(OC)cccc21)C(=O)NCN. The van der Waals surface area contributed by atoms with Crippen molar-refractivity contribution in [3.63, 3.8) is 0 Å². The molecule has 0 radical (unpaired) electrons. The van der Waals surface area contributed by atoms with E-state index in [4.69, 9.17) is 10.5 Å². The Morgan fingerprint density at radius 1 is 1.35 bits per heavy atom. The van der Waals surface area contributed by atoms with Crippen LogP contribution in [0.3, 0.4) is 0 Å². The van der Waals surface area contributed by atoms with Gasteiger partial charge < -0.3 is 26.0 Å². The van der Waals surface area contributed by atoms with Gasteiger partial charge in [-0.15, -0.1) is 0 Å². The summed E-state index contributed by atoms with van der Waals surface area (Å²) in [4.78, 5) is 38.3. The van der Waals surface area contributed by atoms with E-state index in [1.807, 2.05) is 12.1 Å². The van der Waals surface area contributed by atoms with E-state index >= 15 is 0 Å². The maximum Gasteiger partial charge on any atom is 0.243 e. The summed E-state index contributed by atoms with van der Waals surface area (Å²) in [5.74, 6) is -0.149. The van der Waals surface area contributed by atoms with E-state index in [-0.39, 0.29) is 25.0 Å². The third kappa shape index (κ3) is 4.51. The summed E-state index contributed by atoms with van der Waals surface area (Å²) < 4.78 is 5.39. The third-order valence-corrected chi connectivity index (χ3v) is 4.38. The number of fused-ring (bicyclic) bond motifs is 1. The first-order valence-electron chi connectivity index (χ1n) is 8.75. The van der Waals surface area contributed by atoms with Crippen molar-refractivity contribution < 1.29 is 19.1 Å². The van der Waals surface area contributed by atoms with Crippen molar-refractivity contribution >= 4 is 23.4 Å². The van der Waals surface area contributed by atoms with Crippen molar-refractivity contribution in [1.29, 1.82) is 0 Å². The third-order valence-electron chi connectivity index (χ3n) is 4.38. The van der Waals surface area contributed by atoms with Gasteiger partial charge in [-0.25, -0.2) is 0 Å². The molecule has 1 aliphatic rings. The van der Waals surface area contributed by atoms with Crippen LogP contribution < -0.4 is 26.0 Å². The van der Waals surface area contributed by atoms with Gasteiger partial charge in [-0.2, -0.15) is 0 Å². The van der Waals surface area contributed by atoms with Crippen LogP contribution in [0.1, 0.15) is 31.7 Å². The van der Waals surface area contributed by atoms with E-state index in [0.29, 0.717) is 37.1 Å². The van der Waals surface area contributed by atoms with Crippen LogP contribution in [-0.2, 0) is 20.8 Å². The number of amides is 3. The number of carbonyl (C=O) groups excluding carboxylic acids is 3. The highest BCUT2D eigenvalue weighted by atomic mass is 16.5. The smallest absolute Gasteiger partial charge is 0.243 e. The zero-order chi connectivity index (χ0) is 19.1. The van der Waals surface area contributed by atoms with Gasteiger partial charge >= 0.3 is 0 Å². The van der Waals surface area contributed by atoms with Gasteiger partial charge in [0, 0.05) is 12.0 Å². The molecule has 1 aliphatic heterocycles. The molecule has 8 heteroatoms. The van der Waals surface area contributed by atoms with Crippen LogP contribution in [0.25, 0.3) is 0 Å². The van der Waals surface area contributed by atoms with Gasteiger partial charge in [0.2, 0.25) is 17.7 Å². The lowest BCUT2D eigenvalue weighted by Crippen LogP contribution is -2.50. The van der Waals surface area contributed by atoms with Crippen LogP contribution in [0.4, 0.5) is 5.69 Å². The van der Waals surface area contributed by atoms with Gasteiger partial charge in [-0.3, -0.25) is 14.4 Å². The molecule has 3 amide bonds.